The Bertz CT molecular complexity index is 142. The van der Waals surface area contributed by atoms with Gasteiger partial charge < -0.3 is 10.2 Å². The van der Waals surface area contributed by atoms with Gasteiger partial charge in [0, 0.05) is 13.2 Å². The van der Waals surface area contributed by atoms with Gasteiger partial charge in [0.1, 0.15) is 0 Å². The van der Waals surface area contributed by atoms with Crippen molar-refractivity contribution >= 4 is 0 Å². The zero-order valence-corrected chi connectivity index (χ0v) is 9.45. The monoisotopic (exact) mass is 328 g/mol. The Morgan fingerprint density at radius 3 is 0.864 bits per heavy atom. The summed E-state index contributed by atoms with van der Waals surface area (Å²) in [5, 5.41) is 18.0. The predicted molar refractivity (Wildman–Crippen MR) is 112 cm³/mol. The van der Waals surface area contributed by atoms with Crippen molar-refractivity contribution in [1.82, 2.24) is 0 Å². The molecule has 1 saturated carbocycles. The lowest BCUT2D eigenvalue weighted by atomic mass is 9.53. The number of rotatable bonds is 6. The van der Waals surface area contributed by atoms with Gasteiger partial charge in [-0.1, -0.05) is 86.1 Å². The van der Waals surface area contributed by atoms with Gasteiger partial charge in [-0.15, -0.1) is 0 Å². The lowest BCUT2D eigenvalue weighted by Gasteiger charge is -2.52. The average Bonchev–Trinajstić information content (AvgIpc) is 2.19. The molecule has 0 bridgehead atoms. The van der Waals surface area contributed by atoms with Crippen molar-refractivity contribution in [2.45, 2.75) is 98.9 Å². The Labute approximate surface area is 146 Å². The van der Waals surface area contributed by atoms with Crippen molar-refractivity contribution in [1.29, 1.82) is 0 Å². The molecule has 2 heteroatoms. The fraction of sp³-hybridized carbons (Fsp3) is 1.00. The zero-order chi connectivity index (χ0) is 10.6. The van der Waals surface area contributed by atoms with E-state index in [1.54, 1.807) is 0 Å². The van der Waals surface area contributed by atoms with E-state index in [2.05, 4.69) is 13.8 Å². The van der Waals surface area contributed by atoms with Crippen LogP contribution in [0.4, 0.5) is 0 Å². The highest BCUT2D eigenvalue weighted by Gasteiger charge is 2.46. The summed E-state index contributed by atoms with van der Waals surface area (Å²) in [5.41, 5.74) is 0. The molecule has 4 atom stereocenters. The molecule has 1 rings (SSSR count). The van der Waals surface area contributed by atoms with Gasteiger partial charge in [-0.3, -0.25) is 0 Å². The maximum Gasteiger partial charge on any atom is 0.0433 e. The first-order valence-electron chi connectivity index (χ1n) is 6.01. The molecule has 0 aromatic heterocycles. The van der Waals surface area contributed by atoms with Crippen LogP contribution in [0.3, 0.4) is 0 Å². The minimum Gasteiger partial charge on any atom is -0.396 e. The van der Waals surface area contributed by atoms with Gasteiger partial charge in [-0.05, 0) is 36.5 Å². The Balaban J connectivity index is -0.0000000408. The smallest absolute Gasteiger partial charge is 0.0433 e. The molecule has 0 aliphatic heterocycles. The largest absolute Gasteiger partial charge is 0.396 e. The fourth-order valence-electron chi connectivity index (χ4n) is 3.49. The molecule has 4 unspecified atom stereocenters. The molecule has 2 N–H and O–H groups in total. The predicted octanol–water partition coefficient (Wildman–Crippen LogP) is 7.14. The molecule has 0 spiro atoms. The van der Waals surface area contributed by atoms with Crippen LogP contribution in [0.25, 0.3) is 0 Å². The number of aliphatic hydroxyl groups is 2. The van der Waals surface area contributed by atoms with Crippen LogP contribution in [0.5, 0.6) is 0 Å². The Kier molecular flexibility index (Phi) is 58.2. The average molecular weight is 329 g/mol. The minimum absolute atomic E-state index is 0. The van der Waals surface area contributed by atoms with Gasteiger partial charge in [0.05, 0.1) is 0 Å². The normalized spacial score (nSPS) is 23.5. The maximum atomic E-state index is 9.00. The first-order valence-corrected chi connectivity index (χ1v) is 6.01. The van der Waals surface area contributed by atoms with Crippen LogP contribution in [0.15, 0.2) is 0 Å². The molecule has 22 heavy (non-hydrogen) atoms. The first kappa shape index (κ1) is 49.5. The van der Waals surface area contributed by atoms with Crippen molar-refractivity contribution in [3.63, 3.8) is 0 Å². The maximum absolute atomic E-state index is 9.00. The third kappa shape index (κ3) is 10.6. The second-order valence-corrected chi connectivity index (χ2v) is 4.50. The Hall–Kier alpha value is -0.0800. The fourth-order valence-corrected chi connectivity index (χ4v) is 3.49. The molecule has 0 amide bonds. The van der Waals surface area contributed by atoms with E-state index in [9.17, 15) is 0 Å². The third-order valence-electron chi connectivity index (χ3n) is 4.07. The van der Waals surface area contributed by atoms with Crippen molar-refractivity contribution in [2.75, 3.05) is 13.2 Å². The standard InChI is InChI=1S/C12H24O2.8CH4/c1-3-9-10(4-2)12(6-8-14)11(9)5-7-13;;;;;;;;/h9-14H,3-8H2,1-2H3;8*1H4. The highest BCUT2D eigenvalue weighted by molar-refractivity contribution is 4.95. The number of hydrogen-bond acceptors (Lipinski definition) is 2. The van der Waals surface area contributed by atoms with Gasteiger partial charge in [0.2, 0.25) is 0 Å². The van der Waals surface area contributed by atoms with Crippen molar-refractivity contribution in [3.8, 4) is 0 Å². The van der Waals surface area contributed by atoms with Crippen LogP contribution in [0.2, 0.25) is 0 Å². The van der Waals surface area contributed by atoms with Crippen molar-refractivity contribution < 1.29 is 10.2 Å². The summed E-state index contributed by atoms with van der Waals surface area (Å²) in [6.07, 6.45) is 4.32. The summed E-state index contributed by atoms with van der Waals surface area (Å²) < 4.78 is 0. The van der Waals surface area contributed by atoms with E-state index in [1.165, 1.54) is 12.8 Å². The van der Waals surface area contributed by atoms with Crippen LogP contribution in [-0.4, -0.2) is 23.4 Å². The van der Waals surface area contributed by atoms with Gasteiger partial charge in [0.15, 0.2) is 0 Å². The number of aliphatic hydroxyl groups excluding tert-OH is 2. The molecule has 1 aliphatic rings. The topological polar surface area (TPSA) is 40.5 Å². The Morgan fingerprint density at radius 2 is 0.727 bits per heavy atom. The van der Waals surface area contributed by atoms with E-state index in [4.69, 9.17) is 10.2 Å². The lowest BCUT2D eigenvalue weighted by molar-refractivity contribution is -0.0523. The van der Waals surface area contributed by atoms with E-state index < -0.39 is 0 Å². The molecule has 1 fully saturated rings. The van der Waals surface area contributed by atoms with E-state index >= 15 is 0 Å². The second kappa shape index (κ2) is 25.9. The molecule has 0 aromatic rings. The summed E-state index contributed by atoms with van der Waals surface area (Å²) in [4.78, 5) is 0. The summed E-state index contributed by atoms with van der Waals surface area (Å²) in [6.45, 7) is 5.10. The molecule has 0 heterocycles. The molecular weight excluding hydrogens is 272 g/mol. The highest BCUT2D eigenvalue weighted by atomic mass is 16.3. The van der Waals surface area contributed by atoms with E-state index in [0.717, 1.165) is 24.7 Å². The van der Waals surface area contributed by atoms with Gasteiger partial charge in [-0.25, -0.2) is 0 Å². The molecule has 2 nitrogen and oxygen atoms in total. The summed E-state index contributed by atoms with van der Waals surface area (Å²) in [7, 11) is 0. The molecule has 0 radical (unpaired) electrons. The number of hydrogen-bond donors (Lipinski definition) is 2. The minimum atomic E-state index is 0. The van der Waals surface area contributed by atoms with Crippen LogP contribution in [0, 0.1) is 23.7 Å². The van der Waals surface area contributed by atoms with Crippen LogP contribution >= 0.6 is 0 Å². The van der Waals surface area contributed by atoms with Gasteiger partial charge in [-0.2, -0.15) is 0 Å². The second-order valence-electron chi connectivity index (χ2n) is 4.50. The van der Waals surface area contributed by atoms with Crippen LogP contribution in [-0.2, 0) is 0 Å². The summed E-state index contributed by atoms with van der Waals surface area (Å²) in [6, 6.07) is 0. The highest BCUT2D eigenvalue weighted by Crippen LogP contribution is 2.52. The van der Waals surface area contributed by atoms with E-state index in [0.29, 0.717) is 25.0 Å². The van der Waals surface area contributed by atoms with E-state index in [1.807, 2.05) is 0 Å². The van der Waals surface area contributed by atoms with Gasteiger partial charge in [0.25, 0.3) is 0 Å². The van der Waals surface area contributed by atoms with Crippen molar-refractivity contribution in [2.24, 2.45) is 23.7 Å². The van der Waals surface area contributed by atoms with Crippen LogP contribution in [0.1, 0.15) is 98.9 Å². The quantitative estimate of drug-likeness (QED) is 0.544. The third-order valence-corrected chi connectivity index (χ3v) is 4.07. The molecule has 148 valence electrons. The zero-order valence-electron chi connectivity index (χ0n) is 9.45. The molecule has 0 aromatic carbocycles. The van der Waals surface area contributed by atoms with Crippen LogP contribution < -0.4 is 0 Å². The summed E-state index contributed by atoms with van der Waals surface area (Å²) >= 11 is 0. The molecule has 0 saturated heterocycles. The summed E-state index contributed by atoms with van der Waals surface area (Å²) in [5.74, 6) is 2.93. The molecule has 1 aliphatic carbocycles. The first-order chi connectivity index (χ1) is 6.79. The SMILES string of the molecule is C.C.C.C.C.C.C.C.CCC1C(CC)C(CCO)C1CCO. The Morgan fingerprint density at radius 1 is 0.500 bits per heavy atom. The van der Waals surface area contributed by atoms with Gasteiger partial charge >= 0.3 is 0 Å². The van der Waals surface area contributed by atoms with E-state index in [-0.39, 0.29) is 59.4 Å². The molecular formula is C20H56O2. The lowest BCUT2D eigenvalue weighted by Crippen LogP contribution is -2.47. The van der Waals surface area contributed by atoms with Crippen molar-refractivity contribution in [3.05, 3.63) is 0 Å².